The van der Waals surface area contributed by atoms with Gasteiger partial charge >= 0.3 is 0 Å². The number of thiocarbonyl (C=S) groups is 1. The topological polar surface area (TPSA) is 33.1 Å². The van der Waals surface area contributed by atoms with Crippen molar-refractivity contribution >= 4 is 28.9 Å². The van der Waals surface area contributed by atoms with E-state index in [1.54, 1.807) is 0 Å². The van der Waals surface area contributed by atoms with E-state index in [1.807, 2.05) is 30.5 Å². The molecule has 6 heteroatoms. The van der Waals surface area contributed by atoms with E-state index in [9.17, 15) is 0 Å². The predicted octanol–water partition coefficient (Wildman–Crippen LogP) is 5.83. The molecule has 1 aromatic carbocycles. The van der Waals surface area contributed by atoms with Gasteiger partial charge in [0.25, 0.3) is 0 Å². The van der Waals surface area contributed by atoms with Crippen LogP contribution in [0, 0.1) is 20.8 Å². The Kier molecular flexibility index (Phi) is 5.85. The highest BCUT2D eigenvalue weighted by molar-refractivity contribution is 7.80. The Labute approximate surface area is 188 Å². The molecule has 2 unspecified atom stereocenters. The maximum absolute atomic E-state index is 6.34. The summed E-state index contributed by atoms with van der Waals surface area (Å²) < 4.78 is 2.30. The Hall–Kier alpha value is -2.37. The van der Waals surface area contributed by atoms with Gasteiger partial charge in [0.05, 0.1) is 17.8 Å². The number of benzene rings is 1. The second kappa shape index (κ2) is 8.40. The molecule has 156 valence electrons. The molecule has 0 radical (unpaired) electrons. The summed E-state index contributed by atoms with van der Waals surface area (Å²) >= 11 is 12.1. The molecule has 3 aromatic rings. The van der Waals surface area contributed by atoms with Crippen LogP contribution >= 0.6 is 23.8 Å². The van der Waals surface area contributed by atoms with E-state index in [-0.39, 0.29) is 12.1 Å². The van der Waals surface area contributed by atoms with Gasteiger partial charge in [-0.2, -0.15) is 0 Å². The molecule has 3 heterocycles. The van der Waals surface area contributed by atoms with Gasteiger partial charge < -0.3 is 14.8 Å². The SMILES string of the molecule is CCCN1C(=S)NC(c2ccccn2)C1c1cc(C)n(-c2cc(Cl)ccc2C)c1C. The molecule has 1 N–H and O–H groups in total. The highest BCUT2D eigenvalue weighted by Gasteiger charge is 2.41. The van der Waals surface area contributed by atoms with Gasteiger partial charge in [0.15, 0.2) is 5.11 Å². The Morgan fingerprint density at radius 2 is 1.93 bits per heavy atom. The number of hydrogen-bond acceptors (Lipinski definition) is 2. The summed E-state index contributed by atoms with van der Waals surface area (Å²) in [6.45, 7) is 9.55. The van der Waals surface area contributed by atoms with Crippen molar-refractivity contribution in [3.63, 3.8) is 0 Å². The van der Waals surface area contributed by atoms with Crippen molar-refractivity contribution in [1.29, 1.82) is 0 Å². The van der Waals surface area contributed by atoms with Crippen LogP contribution in [0.1, 0.15) is 53.6 Å². The minimum absolute atomic E-state index is 0.0136. The predicted molar refractivity (Wildman–Crippen MR) is 127 cm³/mol. The van der Waals surface area contributed by atoms with Crippen LogP contribution in [0.4, 0.5) is 0 Å². The van der Waals surface area contributed by atoms with E-state index >= 15 is 0 Å². The first-order valence-corrected chi connectivity index (χ1v) is 11.1. The van der Waals surface area contributed by atoms with Crippen LogP contribution < -0.4 is 5.32 Å². The van der Waals surface area contributed by atoms with Crippen LogP contribution in [0.25, 0.3) is 5.69 Å². The van der Waals surface area contributed by atoms with Crippen LogP contribution in [-0.2, 0) is 0 Å². The Balaban J connectivity index is 1.86. The molecular weight excluding hydrogens is 412 g/mol. The lowest BCUT2D eigenvalue weighted by molar-refractivity contribution is 0.316. The van der Waals surface area contributed by atoms with Crippen molar-refractivity contribution in [3.8, 4) is 5.69 Å². The fourth-order valence-electron chi connectivity index (χ4n) is 4.51. The molecule has 1 saturated heterocycles. The Morgan fingerprint density at radius 3 is 2.63 bits per heavy atom. The number of halogens is 1. The lowest BCUT2D eigenvalue weighted by Gasteiger charge is -2.28. The smallest absolute Gasteiger partial charge is 0.170 e. The standard InChI is InChI=1S/C24H27ClN4S/c1-5-12-28-23(22(27-24(28)30)20-8-6-7-11-26-20)19-13-16(3)29(17(19)4)21-14-18(25)10-9-15(21)2/h6-11,13-14,22-23H,5,12H2,1-4H3,(H,27,30). The van der Waals surface area contributed by atoms with E-state index in [1.165, 1.54) is 22.5 Å². The first-order valence-electron chi connectivity index (χ1n) is 10.4. The minimum Gasteiger partial charge on any atom is -0.352 e. The van der Waals surface area contributed by atoms with Gasteiger partial charge in [-0.1, -0.05) is 30.7 Å². The number of hydrogen-bond donors (Lipinski definition) is 1. The van der Waals surface area contributed by atoms with Gasteiger partial charge in [0, 0.05) is 34.8 Å². The molecule has 0 spiro atoms. The van der Waals surface area contributed by atoms with Crippen molar-refractivity contribution in [2.75, 3.05) is 6.54 Å². The molecule has 0 aliphatic carbocycles. The molecule has 1 fully saturated rings. The quantitative estimate of drug-likeness (QED) is 0.508. The van der Waals surface area contributed by atoms with E-state index < -0.39 is 0 Å². The van der Waals surface area contributed by atoms with Crippen LogP contribution in [0.3, 0.4) is 0 Å². The molecule has 1 aliphatic heterocycles. The summed E-state index contributed by atoms with van der Waals surface area (Å²) in [5, 5.41) is 5.07. The molecule has 2 aromatic heterocycles. The summed E-state index contributed by atoms with van der Waals surface area (Å²) in [7, 11) is 0. The lowest BCUT2D eigenvalue weighted by atomic mass is 9.96. The zero-order chi connectivity index (χ0) is 21.4. The third-order valence-corrected chi connectivity index (χ3v) is 6.45. The van der Waals surface area contributed by atoms with E-state index in [2.05, 4.69) is 65.7 Å². The molecule has 0 bridgehead atoms. The van der Waals surface area contributed by atoms with Gasteiger partial charge in [-0.25, -0.2) is 0 Å². The average molecular weight is 439 g/mol. The maximum atomic E-state index is 6.34. The maximum Gasteiger partial charge on any atom is 0.170 e. The zero-order valence-electron chi connectivity index (χ0n) is 17.8. The molecule has 0 saturated carbocycles. The van der Waals surface area contributed by atoms with Crippen LogP contribution in [0.5, 0.6) is 0 Å². The Bertz CT molecular complexity index is 1080. The normalized spacial score (nSPS) is 18.7. The number of pyridine rings is 1. The highest BCUT2D eigenvalue weighted by Crippen LogP contribution is 2.41. The van der Waals surface area contributed by atoms with Gasteiger partial charge in [0.1, 0.15) is 0 Å². The molecule has 4 rings (SSSR count). The van der Waals surface area contributed by atoms with Gasteiger partial charge in [-0.15, -0.1) is 0 Å². The van der Waals surface area contributed by atoms with Crippen LogP contribution in [0.2, 0.25) is 5.02 Å². The monoisotopic (exact) mass is 438 g/mol. The molecule has 0 amide bonds. The summed E-state index contributed by atoms with van der Waals surface area (Å²) in [5.41, 5.74) is 6.97. The molecule has 4 nitrogen and oxygen atoms in total. The summed E-state index contributed by atoms with van der Waals surface area (Å²) in [5.74, 6) is 0. The van der Waals surface area contributed by atoms with E-state index in [0.717, 1.165) is 34.5 Å². The molecular formula is C24H27ClN4S. The third kappa shape index (κ3) is 3.61. The van der Waals surface area contributed by atoms with Crippen molar-refractivity contribution in [1.82, 2.24) is 19.8 Å². The van der Waals surface area contributed by atoms with Crippen LogP contribution in [0.15, 0.2) is 48.7 Å². The van der Waals surface area contributed by atoms with E-state index in [0.29, 0.717) is 0 Å². The second-order valence-electron chi connectivity index (χ2n) is 7.91. The third-order valence-electron chi connectivity index (χ3n) is 5.86. The number of aryl methyl sites for hydroxylation is 2. The minimum atomic E-state index is 0.0136. The summed E-state index contributed by atoms with van der Waals surface area (Å²) in [6.07, 6.45) is 2.87. The van der Waals surface area contributed by atoms with Crippen molar-refractivity contribution in [2.24, 2.45) is 0 Å². The first-order chi connectivity index (χ1) is 14.4. The first kappa shape index (κ1) is 20.9. The van der Waals surface area contributed by atoms with Gasteiger partial charge in [-0.3, -0.25) is 4.98 Å². The zero-order valence-corrected chi connectivity index (χ0v) is 19.4. The summed E-state index contributed by atoms with van der Waals surface area (Å²) in [4.78, 5) is 6.95. The fourth-order valence-corrected chi connectivity index (χ4v) is 5.01. The lowest BCUT2D eigenvalue weighted by Crippen LogP contribution is -2.30. The number of rotatable bonds is 5. The molecule has 2 atom stereocenters. The van der Waals surface area contributed by atoms with Crippen molar-refractivity contribution in [2.45, 2.75) is 46.2 Å². The largest absolute Gasteiger partial charge is 0.352 e. The molecule has 30 heavy (non-hydrogen) atoms. The number of aromatic nitrogens is 2. The highest BCUT2D eigenvalue weighted by atomic mass is 35.5. The number of nitrogens with zero attached hydrogens (tertiary/aromatic N) is 3. The Morgan fingerprint density at radius 1 is 1.13 bits per heavy atom. The fraction of sp³-hybridized carbons (Fsp3) is 0.333. The van der Waals surface area contributed by atoms with Gasteiger partial charge in [-0.05, 0) is 80.9 Å². The second-order valence-corrected chi connectivity index (χ2v) is 8.74. The van der Waals surface area contributed by atoms with Crippen molar-refractivity contribution in [3.05, 3.63) is 81.9 Å². The summed E-state index contributed by atoms with van der Waals surface area (Å²) in [6, 6.07) is 14.5. The van der Waals surface area contributed by atoms with E-state index in [4.69, 9.17) is 23.8 Å². The van der Waals surface area contributed by atoms with Crippen molar-refractivity contribution < 1.29 is 0 Å². The molecule has 1 aliphatic rings. The van der Waals surface area contributed by atoms with Crippen LogP contribution in [-0.4, -0.2) is 26.1 Å². The number of nitrogens with one attached hydrogen (secondary N) is 1. The average Bonchev–Trinajstić information content (AvgIpc) is 3.21. The van der Waals surface area contributed by atoms with Gasteiger partial charge in [0.2, 0.25) is 0 Å².